The fourth-order valence-corrected chi connectivity index (χ4v) is 1.61. The number of hydrogen-bond donors (Lipinski definition) is 2. The predicted molar refractivity (Wildman–Crippen MR) is 56.2 cm³/mol. The third-order valence-corrected chi connectivity index (χ3v) is 2.44. The van der Waals surface area contributed by atoms with Crippen molar-refractivity contribution in [3.63, 3.8) is 0 Å². The summed E-state index contributed by atoms with van der Waals surface area (Å²) in [7, 11) is 0. The average Bonchev–Trinajstić information content (AvgIpc) is 2.66. The minimum atomic E-state index is -0.633. The van der Waals surface area contributed by atoms with Gasteiger partial charge in [-0.25, -0.2) is 0 Å². The predicted octanol–water partition coefficient (Wildman–Crippen LogP) is -0.268. The summed E-state index contributed by atoms with van der Waals surface area (Å²) >= 11 is 1.45. The third-order valence-electron chi connectivity index (χ3n) is 1.55. The molecule has 0 radical (unpaired) electrons. The van der Waals surface area contributed by atoms with E-state index < -0.39 is 11.8 Å². The number of thioether (sulfide) groups is 1. The fourth-order valence-electron chi connectivity index (χ4n) is 0.883. The van der Waals surface area contributed by atoms with Gasteiger partial charge in [0.1, 0.15) is 0 Å². The van der Waals surface area contributed by atoms with Crippen LogP contribution >= 0.6 is 11.8 Å². The Bertz CT molecular complexity index is 265. The Hall–Kier alpha value is -1.04. The normalized spacial score (nSPS) is 14.8. The summed E-state index contributed by atoms with van der Waals surface area (Å²) in [5.41, 5.74) is 0. The van der Waals surface area contributed by atoms with Crippen LogP contribution in [0.4, 0.5) is 0 Å². The van der Waals surface area contributed by atoms with E-state index in [2.05, 4.69) is 15.6 Å². The lowest BCUT2D eigenvalue weighted by Gasteiger charge is -2.03. The Balaban J connectivity index is 2.30. The fraction of sp³-hybridized carbons (Fsp3) is 0.625. The van der Waals surface area contributed by atoms with Gasteiger partial charge in [0.25, 0.3) is 0 Å². The number of amides is 2. The second-order valence-corrected chi connectivity index (χ2v) is 3.83. The number of amidine groups is 1. The van der Waals surface area contributed by atoms with Gasteiger partial charge in [-0.1, -0.05) is 18.7 Å². The molecule has 2 amide bonds. The molecule has 0 fully saturated rings. The van der Waals surface area contributed by atoms with Gasteiger partial charge in [-0.05, 0) is 6.42 Å². The van der Waals surface area contributed by atoms with Crippen molar-refractivity contribution >= 4 is 28.7 Å². The van der Waals surface area contributed by atoms with E-state index >= 15 is 0 Å². The van der Waals surface area contributed by atoms with Crippen molar-refractivity contribution in [3.8, 4) is 0 Å². The standard InChI is InChI=1S/C8H13N3O2S/c1-2-3-9-6(12)7(13)11-8-10-4-5-14-8/h2-5H2,1H3,(H,9,12)(H,10,11,13). The zero-order chi connectivity index (χ0) is 10.4. The van der Waals surface area contributed by atoms with E-state index in [0.717, 1.165) is 12.2 Å². The Morgan fingerprint density at radius 2 is 2.29 bits per heavy atom. The summed E-state index contributed by atoms with van der Waals surface area (Å²) in [5.74, 6) is -0.361. The Kier molecular flexibility index (Phi) is 4.45. The maximum Gasteiger partial charge on any atom is 0.315 e. The van der Waals surface area contributed by atoms with Crippen LogP contribution in [0.1, 0.15) is 13.3 Å². The Labute approximate surface area is 86.7 Å². The molecule has 78 valence electrons. The lowest BCUT2D eigenvalue weighted by atomic mass is 10.4. The van der Waals surface area contributed by atoms with Gasteiger partial charge in [0.15, 0.2) is 5.17 Å². The van der Waals surface area contributed by atoms with E-state index in [1.54, 1.807) is 0 Å². The van der Waals surface area contributed by atoms with Crippen LogP contribution in [0, 0.1) is 0 Å². The molecule has 6 heteroatoms. The molecule has 0 aromatic rings. The molecule has 0 atom stereocenters. The molecule has 0 aromatic carbocycles. The lowest BCUT2D eigenvalue weighted by Crippen LogP contribution is -2.41. The number of nitrogens with zero attached hydrogens (tertiary/aromatic N) is 1. The van der Waals surface area contributed by atoms with Crippen LogP contribution in [-0.4, -0.2) is 35.8 Å². The van der Waals surface area contributed by atoms with Gasteiger partial charge < -0.3 is 5.32 Å². The highest BCUT2D eigenvalue weighted by Gasteiger charge is 2.16. The molecule has 14 heavy (non-hydrogen) atoms. The third kappa shape index (κ3) is 3.37. The van der Waals surface area contributed by atoms with E-state index in [0.29, 0.717) is 18.3 Å². The number of aliphatic imine (C=N–C) groups is 1. The van der Waals surface area contributed by atoms with Gasteiger partial charge in [0.2, 0.25) is 0 Å². The molecule has 0 bridgehead atoms. The average molecular weight is 215 g/mol. The first-order chi connectivity index (χ1) is 6.74. The molecular formula is C8H13N3O2S. The minimum Gasteiger partial charge on any atom is -0.348 e. The zero-order valence-electron chi connectivity index (χ0n) is 8.00. The second-order valence-electron chi connectivity index (χ2n) is 2.75. The summed E-state index contributed by atoms with van der Waals surface area (Å²) in [6.07, 6.45) is 0.814. The van der Waals surface area contributed by atoms with Gasteiger partial charge in [0.05, 0.1) is 6.54 Å². The summed E-state index contributed by atoms with van der Waals surface area (Å²) in [4.78, 5) is 26.3. The zero-order valence-corrected chi connectivity index (χ0v) is 8.82. The maximum absolute atomic E-state index is 11.2. The molecule has 0 aliphatic carbocycles. The molecule has 0 saturated heterocycles. The molecule has 1 heterocycles. The Morgan fingerprint density at radius 3 is 2.86 bits per heavy atom. The largest absolute Gasteiger partial charge is 0.348 e. The molecule has 0 aromatic heterocycles. The molecule has 5 nitrogen and oxygen atoms in total. The van der Waals surface area contributed by atoms with Crippen LogP contribution in [0.3, 0.4) is 0 Å². The van der Waals surface area contributed by atoms with Crippen molar-refractivity contribution in [3.05, 3.63) is 0 Å². The molecule has 2 N–H and O–H groups in total. The van der Waals surface area contributed by atoms with E-state index in [1.807, 2.05) is 6.92 Å². The number of hydrogen-bond acceptors (Lipinski definition) is 4. The van der Waals surface area contributed by atoms with Crippen LogP contribution in [-0.2, 0) is 9.59 Å². The second kappa shape index (κ2) is 5.64. The first kappa shape index (κ1) is 11.0. The van der Waals surface area contributed by atoms with Gasteiger partial charge >= 0.3 is 11.8 Å². The van der Waals surface area contributed by atoms with Crippen LogP contribution in [0.5, 0.6) is 0 Å². The van der Waals surface area contributed by atoms with Crippen molar-refractivity contribution in [1.29, 1.82) is 0 Å². The summed E-state index contributed by atoms with van der Waals surface area (Å²) in [6, 6.07) is 0. The highest BCUT2D eigenvalue weighted by molar-refractivity contribution is 8.14. The van der Waals surface area contributed by atoms with Crippen LogP contribution in [0.15, 0.2) is 4.99 Å². The lowest BCUT2D eigenvalue weighted by molar-refractivity contribution is -0.138. The minimum absolute atomic E-state index is 0.520. The molecule has 0 saturated carbocycles. The summed E-state index contributed by atoms with van der Waals surface area (Å²) < 4.78 is 0. The van der Waals surface area contributed by atoms with Crippen molar-refractivity contribution in [2.24, 2.45) is 4.99 Å². The first-order valence-electron chi connectivity index (χ1n) is 4.50. The van der Waals surface area contributed by atoms with Crippen molar-refractivity contribution < 1.29 is 9.59 Å². The van der Waals surface area contributed by atoms with Crippen molar-refractivity contribution in [2.75, 3.05) is 18.8 Å². The van der Waals surface area contributed by atoms with Crippen molar-refractivity contribution in [1.82, 2.24) is 10.6 Å². The SMILES string of the molecule is CCCNC(=O)C(=O)NC1=NCCS1. The van der Waals surface area contributed by atoms with Crippen LogP contribution in [0.2, 0.25) is 0 Å². The monoisotopic (exact) mass is 215 g/mol. The first-order valence-corrected chi connectivity index (χ1v) is 5.49. The number of nitrogens with one attached hydrogen (secondary N) is 2. The van der Waals surface area contributed by atoms with Gasteiger partial charge in [-0.15, -0.1) is 0 Å². The number of carbonyl (C=O) groups excluding carboxylic acids is 2. The molecule has 0 unspecified atom stereocenters. The van der Waals surface area contributed by atoms with Crippen molar-refractivity contribution in [2.45, 2.75) is 13.3 Å². The molecule has 1 aliphatic rings. The van der Waals surface area contributed by atoms with E-state index in [9.17, 15) is 9.59 Å². The van der Waals surface area contributed by atoms with E-state index in [4.69, 9.17) is 0 Å². The smallest absolute Gasteiger partial charge is 0.315 e. The van der Waals surface area contributed by atoms with Gasteiger partial charge in [-0.2, -0.15) is 0 Å². The molecule has 0 spiro atoms. The van der Waals surface area contributed by atoms with Crippen LogP contribution < -0.4 is 10.6 Å². The van der Waals surface area contributed by atoms with Crippen LogP contribution in [0.25, 0.3) is 0 Å². The number of carbonyl (C=O) groups is 2. The van der Waals surface area contributed by atoms with E-state index in [1.165, 1.54) is 11.8 Å². The number of rotatable bonds is 2. The maximum atomic E-state index is 11.2. The quantitative estimate of drug-likeness (QED) is 0.623. The van der Waals surface area contributed by atoms with Gasteiger partial charge in [-0.3, -0.25) is 19.9 Å². The molecular weight excluding hydrogens is 202 g/mol. The summed E-state index contributed by atoms with van der Waals surface area (Å²) in [5, 5.41) is 5.48. The topological polar surface area (TPSA) is 70.6 Å². The highest BCUT2D eigenvalue weighted by Crippen LogP contribution is 2.08. The van der Waals surface area contributed by atoms with E-state index in [-0.39, 0.29) is 0 Å². The highest BCUT2D eigenvalue weighted by atomic mass is 32.2. The molecule has 1 rings (SSSR count). The van der Waals surface area contributed by atoms with Gasteiger partial charge in [0, 0.05) is 12.3 Å². The summed E-state index contributed by atoms with van der Waals surface area (Å²) in [6.45, 7) is 3.15. The molecule has 1 aliphatic heterocycles. The Morgan fingerprint density at radius 1 is 1.50 bits per heavy atom.